The Labute approximate surface area is 157 Å². The van der Waals surface area contributed by atoms with Crippen molar-refractivity contribution in [1.29, 1.82) is 0 Å². The van der Waals surface area contributed by atoms with E-state index in [-0.39, 0.29) is 5.91 Å². The molecule has 0 spiro atoms. The molecule has 4 N–H and O–H groups in total. The van der Waals surface area contributed by atoms with Gasteiger partial charge in [-0.15, -0.1) is 0 Å². The molecule has 0 aliphatic carbocycles. The van der Waals surface area contributed by atoms with Gasteiger partial charge in [-0.1, -0.05) is 15.9 Å². The van der Waals surface area contributed by atoms with Crippen LogP contribution in [0.1, 0.15) is 18.4 Å². The van der Waals surface area contributed by atoms with Gasteiger partial charge in [-0.25, -0.2) is 0 Å². The van der Waals surface area contributed by atoms with Crippen LogP contribution in [0.25, 0.3) is 0 Å². The van der Waals surface area contributed by atoms with Crippen LogP contribution >= 0.6 is 15.9 Å². The number of likely N-dealkylation sites (tertiary alicyclic amines) is 1. The summed E-state index contributed by atoms with van der Waals surface area (Å²) in [6.45, 7) is 2.67. The van der Waals surface area contributed by atoms with E-state index < -0.39 is 0 Å². The summed E-state index contributed by atoms with van der Waals surface area (Å²) < 4.78 is 6.40. The number of aliphatic imine (C=N–C) groups is 1. The van der Waals surface area contributed by atoms with Crippen molar-refractivity contribution in [3.8, 4) is 5.75 Å². The molecular formula is C17H26BrN5O2. The predicted molar refractivity (Wildman–Crippen MR) is 103 cm³/mol. The number of hydrogen-bond acceptors (Lipinski definition) is 4. The molecular weight excluding hydrogens is 386 g/mol. The molecule has 25 heavy (non-hydrogen) atoms. The highest BCUT2D eigenvalue weighted by Crippen LogP contribution is 2.22. The van der Waals surface area contributed by atoms with E-state index in [1.807, 2.05) is 18.2 Å². The van der Waals surface area contributed by atoms with Crippen molar-refractivity contribution in [2.24, 2.45) is 10.7 Å². The van der Waals surface area contributed by atoms with Gasteiger partial charge in [0.25, 0.3) is 0 Å². The van der Waals surface area contributed by atoms with E-state index in [0.717, 1.165) is 47.7 Å². The third-order valence-electron chi connectivity index (χ3n) is 4.22. The highest BCUT2D eigenvalue weighted by molar-refractivity contribution is 9.10. The number of nitrogens with one attached hydrogen (secondary N) is 2. The maximum absolute atomic E-state index is 11.0. The minimum atomic E-state index is -0.271. The van der Waals surface area contributed by atoms with Crippen LogP contribution in [0.5, 0.6) is 5.75 Å². The normalized spacial score (nSPS) is 16.5. The van der Waals surface area contributed by atoms with Crippen molar-refractivity contribution < 1.29 is 9.53 Å². The molecule has 1 heterocycles. The zero-order chi connectivity index (χ0) is 18.2. The van der Waals surface area contributed by atoms with Crippen molar-refractivity contribution in [3.63, 3.8) is 0 Å². The van der Waals surface area contributed by atoms with Gasteiger partial charge in [0.1, 0.15) is 5.75 Å². The van der Waals surface area contributed by atoms with Crippen LogP contribution in [0, 0.1) is 0 Å². The maximum atomic E-state index is 11.0. The van der Waals surface area contributed by atoms with Crippen LogP contribution in [-0.4, -0.2) is 56.6 Å². The number of piperidine rings is 1. The zero-order valence-corrected chi connectivity index (χ0v) is 16.3. The topological polar surface area (TPSA) is 92.0 Å². The Bertz CT molecular complexity index is 615. The molecule has 1 aliphatic rings. The highest BCUT2D eigenvalue weighted by atomic mass is 79.9. The number of carbonyl (C=O) groups excluding carboxylic acids is 1. The lowest BCUT2D eigenvalue weighted by atomic mass is 10.1. The SMILES string of the molecule is CN=C(NCc1cc(Br)ccc1OC)NC1CCN(CC(N)=O)CC1. The monoisotopic (exact) mass is 411 g/mol. The summed E-state index contributed by atoms with van der Waals surface area (Å²) in [7, 11) is 3.43. The average molecular weight is 412 g/mol. The lowest BCUT2D eigenvalue weighted by molar-refractivity contribution is -0.119. The highest BCUT2D eigenvalue weighted by Gasteiger charge is 2.20. The fraction of sp³-hybridized carbons (Fsp3) is 0.529. The zero-order valence-electron chi connectivity index (χ0n) is 14.7. The van der Waals surface area contributed by atoms with Gasteiger partial charge in [-0.05, 0) is 31.0 Å². The molecule has 0 radical (unpaired) electrons. The molecule has 0 atom stereocenters. The number of methoxy groups -OCH3 is 1. The summed E-state index contributed by atoms with van der Waals surface area (Å²) in [6, 6.07) is 6.25. The van der Waals surface area contributed by atoms with Gasteiger partial charge in [0, 0.05) is 42.8 Å². The van der Waals surface area contributed by atoms with Crippen LogP contribution < -0.4 is 21.1 Å². The molecule has 1 aromatic rings. The molecule has 1 fully saturated rings. The van der Waals surface area contributed by atoms with Crippen molar-refractivity contribution in [2.45, 2.75) is 25.4 Å². The van der Waals surface area contributed by atoms with E-state index in [1.54, 1.807) is 14.2 Å². The average Bonchev–Trinajstić information content (AvgIpc) is 2.59. The molecule has 0 unspecified atom stereocenters. The number of nitrogens with zero attached hydrogens (tertiary/aromatic N) is 2. The van der Waals surface area contributed by atoms with Gasteiger partial charge in [0.2, 0.25) is 5.91 Å². The number of carbonyl (C=O) groups is 1. The first-order valence-corrected chi connectivity index (χ1v) is 9.11. The van der Waals surface area contributed by atoms with Crippen LogP contribution in [0.3, 0.4) is 0 Å². The number of benzene rings is 1. The summed E-state index contributed by atoms with van der Waals surface area (Å²) in [6.07, 6.45) is 1.91. The molecule has 2 rings (SSSR count). The molecule has 1 aliphatic heterocycles. The first kappa shape index (κ1) is 19.5. The Hall–Kier alpha value is -1.80. The van der Waals surface area contributed by atoms with Gasteiger partial charge < -0.3 is 21.1 Å². The van der Waals surface area contributed by atoms with E-state index in [4.69, 9.17) is 10.5 Å². The van der Waals surface area contributed by atoms with Gasteiger partial charge in [0.05, 0.1) is 13.7 Å². The smallest absolute Gasteiger partial charge is 0.231 e. The van der Waals surface area contributed by atoms with Crippen LogP contribution in [0.4, 0.5) is 0 Å². The van der Waals surface area contributed by atoms with Crippen LogP contribution in [-0.2, 0) is 11.3 Å². The Kier molecular flexibility index (Phi) is 7.52. The van der Waals surface area contributed by atoms with Gasteiger partial charge >= 0.3 is 0 Å². The summed E-state index contributed by atoms with van der Waals surface area (Å²) in [5, 5.41) is 6.77. The van der Waals surface area contributed by atoms with E-state index in [9.17, 15) is 4.79 Å². The molecule has 1 aromatic carbocycles. The number of nitrogens with two attached hydrogens (primary N) is 1. The van der Waals surface area contributed by atoms with Gasteiger partial charge in [-0.3, -0.25) is 14.7 Å². The number of guanidine groups is 1. The van der Waals surface area contributed by atoms with E-state index >= 15 is 0 Å². The second-order valence-corrected chi connectivity index (χ2v) is 6.96. The standard InChI is InChI=1S/C17H26BrN5O2/c1-20-17(21-10-12-9-13(18)3-4-15(12)25-2)22-14-5-7-23(8-6-14)11-16(19)24/h3-4,9,14H,5-8,10-11H2,1-2H3,(H2,19,24)(H2,20,21,22). The van der Waals surface area contributed by atoms with E-state index in [1.165, 1.54) is 0 Å². The summed E-state index contributed by atoms with van der Waals surface area (Å²) in [4.78, 5) is 17.4. The Balaban J connectivity index is 1.84. The first-order valence-electron chi connectivity index (χ1n) is 8.32. The fourth-order valence-electron chi connectivity index (χ4n) is 2.91. The molecule has 1 amide bonds. The number of amides is 1. The Morgan fingerprint density at radius 2 is 2.16 bits per heavy atom. The van der Waals surface area contributed by atoms with Crippen molar-refractivity contribution in [1.82, 2.24) is 15.5 Å². The number of halogens is 1. The van der Waals surface area contributed by atoms with E-state index in [0.29, 0.717) is 19.1 Å². The molecule has 0 bridgehead atoms. The quantitative estimate of drug-likeness (QED) is 0.480. The first-order chi connectivity index (χ1) is 12.0. The minimum Gasteiger partial charge on any atom is -0.496 e. The summed E-state index contributed by atoms with van der Waals surface area (Å²) >= 11 is 3.49. The van der Waals surface area contributed by atoms with Crippen LogP contribution in [0.15, 0.2) is 27.7 Å². The number of ether oxygens (including phenoxy) is 1. The Morgan fingerprint density at radius 3 is 2.76 bits per heavy atom. The lowest BCUT2D eigenvalue weighted by Gasteiger charge is -2.32. The third-order valence-corrected chi connectivity index (χ3v) is 4.71. The van der Waals surface area contributed by atoms with Crippen molar-refractivity contribution >= 4 is 27.8 Å². The predicted octanol–water partition coefficient (Wildman–Crippen LogP) is 1.07. The fourth-order valence-corrected chi connectivity index (χ4v) is 3.32. The summed E-state index contributed by atoms with van der Waals surface area (Å²) in [5.74, 6) is 1.33. The number of hydrogen-bond donors (Lipinski definition) is 3. The molecule has 7 nitrogen and oxygen atoms in total. The second-order valence-electron chi connectivity index (χ2n) is 6.04. The molecule has 0 aromatic heterocycles. The number of rotatable bonds is 6. The molecule has 0 saturated carbocycles. The van der Waals surface area contributed by atoms with Gasteiger partial charge in [-0.2, -0.15) is 0 Å². The minimum absolute atomic E-state index is 0.271. The molecule has 1 saturated heterocycles. The Morgan fingerprint density at radius 1 is 1.44 bits per heavy atom. The largest absolute Gasteiger partial charge is 0.496 e. The van der Waals surface area contributed by atoms with Crippen molar-refractivity contribution in [2.75, 3.05) is 33.8 Å². The van der Waals surface area contributed by atoms with Crippen LogP contribution in [0.2, 0.25) is 0 Å². The second kappa shape index (κ2) is 9.62. The lowest BCUT2D eigenvalue weighted by Crippen LogP contribution is -2.49. The molecule has 8 heteroatoms. The van der Waals surface area contributed by atoms with Crippen molar-refractivity contribution in [3.05, 3.63) is 28.2 Å². The third kappa shape index (κ3) is 6.21. The van der Waals surface area contributed by atoms with Gasteiger partial charge in [0.15, 0.2) is 5.96 Å². The number of primary amides is 1. The van der Waals surface area contributed by atoms with E-state index in [2.05, 4.69) is 36.5 Å². The summed E-state index contributed by atoms with van der Waals surface area (Å²) in [5.41, 5.74) is 6.30. The maximum Gasteiger partial charge on any atom is 0.231 e. The molecule has 138 valence electrons.